The fourth-order valence-electron chi connectivity index (χ4n) is 2.73. The summed E-state index contributed by atoms with van der Waals surface area (Å²) in [4.78, 5) is 17.5. The molecule has 1 aromatic carbocycles. The molecule has 19 heavy (non-hydrogen) atoms. The summed E-state index contributed by atoms with van der Waals surface area (Å²) in [6.45, 7) is 0.427. The van der Waals surface area contributed by atoms with Gasteiger partial charge in [-0.05, 0) is 30.9 Å². The van der Waals surface area contributed by atoms with Gasteiger partial charge >= 0.3 is 0 Å². The van der Waals surface area contributed by atoms with Crippen molar-refractivity contribution in [1.29, 1.82) is 0 Å². The van der Waals surface area contributed by atoms with Crippen LogP contribution in [0.2, 0.25) is 0 Å². The van der Waals surface area contributed by atoms with Crippen LogP contribution in [0.3, 0.4) is 0 Å². The Morgan fingerprint density at radius 2 is 2.05 bits per heavy atom. The number of hydrogen-bond donors (Lipinski definition) is 1. The summed E-state index contributed by atoms with van der Waals surface area (Å²) in [7, 11) is 0. The molecule has 1 aromatic rings. The number of hydroxylamine groups is 1. The molecule has 0 spiro atoms. The highest BCUT2D eigenvalue weighted by molar-refractivity contribution is 5.78. The van der Waals surface area contributed by atoms with Gasteiger partial charge in [-0.25, -0.2) is 5.48 Å². The maximum atomic E-state index is 12.0. The van der Waals surface area contributed by atoms with Crippen LogP contribution in [0.1, 0.15) is 31.2 Å². The number of hydrogen-bond acceptors (Lipinski definition) is 3. The lowest BCUT2D eigenvalue weighted by molar-refractivity contribution is -0.143. The molecule has 1 saturated carbocycles. The summed E-state index contributed by atoms with van der Waals surface area (Å²) in [6, 6.07) is 7.87. The molecular weight excluding hydrogens is 242 g/mol. The molecule has 1 atom stereocenters. The Hall–Kier alpha value is -1.55. The Kier molecular flexibility index (Phi) is 3.69. The summed E-state index contributed by atoms with van der Waals surface area (Å²) in [5.41, 5.74) is 3.70. The Morgan fingerprint density at radius 1 is 1.26 bits per heavy atom. The monoisotopic (exact) mass is 261 g/mol. The number of benzene rings is 1. The normalized spacial score (nSPS) is 22.6. The van der Waals surface area contributed by atoms with E-state index in [0.29, 0.717) is 6.61 Å². The minimum Gasteiger partial charge on any atom is -0.492 e. The number of fused-ring (bicyclic) bond motifs is 1. The molecule has 102 valence electrons. The molecule has 3 rings (SSSR count). The standard InChI is InChI=1S/C15H19NO3/c17-15(16-19-13-6-2-3-7-13)12-9-11-5-1-4-8-14(11)18-10-12/h1,4-5,8,12-13H,2-3,6-7,9-10H2,(H,16,17). The summed E-state index contributed by atoms with van der Waals surface area (Å²) in [5.74, 6) is 0.668. The third-order valence-corrected chi connectivity index (χ3v) is 3.88. The lowest BCUT2D eigenvalue weighted by atomic mass is 9.96. The van der Waals surface area contributed by atoms with Gasteiger partial charge in [-0.1, -0.05) is 31.0 Å². The number of carbonyl (C=O) groups is 1. The predicted octanol–water partition coefficient (Wildman–Crippen LogP) is 2.23. The van der Waals surface area contributed by atoms with Gasteiger partial charge in [0.25, 0.3) is 0 Å². The van der Waals surface area contributed by atoms with Crippen LogP contribution in [0.15, 0.2) is 24.3 Å². The smallest absolute Gasteiger partial charge is 0.250 e. The molecule has 0 saturated heterocycles. The Bertz CT molecular complexity index is 454. The summed E-state index contributed by atoms with van der Waals surface area (Å²) >= 11 is 0. The minimum atomic E-state index is -0.156. The van der Waals surface area contributed by atoms with Crippen molar-refractivity contribution in [3.63, 3.8) is 0 Å². The van der Waals surface area contributed by atoms with Crippen molar-refractivity contribution < 1.29 is 14.4 Å². The Balaban J connectivity index is 1.54. The lowest BCUT2D eigenvalue weighted by Gasteiger charge is -2.24. The SMILES string of the molecule is O=C(NOC1CCCC1)C1COc2ccccc2C1. The number of nitrogens with one attached hydrogen (secondary N) is 1. The number of rotatable bonds is 3. The van der Waals surface area contributed by atoms with E-state index in [1.807, 2.05) is 24.3 Å². The molecule has 0 aromatic heterocycles. The molecule has 1 aliphatic carbocycles. The van der Waals surface area contributed by atoms with E-state index in [9.17, 15) is 4.79 Å². The first-order valence-corrected chi connectivity index (χ1v) is 6.99. The first kappa shape index (κ1) is 12.5. The van der Waals surface area contributed by atoms with Gasteiger partial charge in [0.1, 0.15) is 12.4 Å². The summed E-state index contributed by atoms with van der Waals surface area (Å²) < 4.78 is 5.61. The molecule has 2 aliphatic rings. The molecular formula is C15H19NO3. The van der Waals surface area contributed by atoms with Crippen LogP contribution in [-0.2, 0) is 16.1 Å². The van der Waals surface area contributed by atoms with Gasteiger partial charge in [0.2, 0.25) is 5.91 Å². The van der Waals surface area contributed by atoms with Crippen molar-refractivity contribution in [2.75, 3.05) is 6.61 Å². The summed E-state index contributed by atoms with van der Waals surface area (Å²) in [6.07, 6.45) is 5.40. The second kappa shape index (κ2) is 5.61. The number of para-hydroxylation sites is 1. The maximum absolute atomic E-state index is 12.0. The van der Waals surface area contributed by atoms with Crippen molar-refractivity contribution in [3.05, 3.63) is 29.8 Å². The number of ether oxygens (including phenoxy) is 1. The number of amides is 1. The predicted molar refractivity (Wildman–Crippen MR) is 70.6 cm³/mol. The van der Waals surface area contributed by atoms with E-state index < -0.39 is 0 Å². The van der Waals surface area contributed by atoms with Gasteiger partial charge < -0.3 is 4.74 Å². The molecule has 4 nitrogen and oxygen atoms in total. The van der Waals surface area contributed by atoms with Crippen LogP contribution >= 0.6 is 0 Å². The van der Waals surface area contributed by atoms with E-state index in [0.717, 1.165) is 30.6 Å². The van der Waals surface area contributed by atoms with Crippen molar-refractivity contribution in [2.24, 2.45) is 5.92 Å². The topological polar surface area (TPSA) is 47.6 Å². The highest BCUT2D eigenvalue weighted by Crippen LogP contribution is 2.27. The molecule has 1 unspecified atom stereocenters. The van der Waals surface area contributed by atoms with E-state index >= 15 is 0 Å². The third-order valence-electron chi connectivity index (χ3n) is 3.88. The van der Waals surface area contributed by atoms with Crippen LogP contribution in [0.25, 0.3) is 0 Å². The average molecular weight is 261 g/mol. The van der Waals surface area contributed by atoms with Crippen molar-refractivity contribution in [3.8, 4) is 5.75 Å². The minimum absolute atomic E-state index is 0.0681. The highest BCUT2D eigenvalue weighted by atomic mass is 16.7. The van der Waals surface area contributed by atoms with Gasteiger partial charge in [-0.3, -0.25) is 9.63 Å². The second-order valence-corrected chi connectivity index (χ2v) is 5.31. The van der Waals surface area contributed by atoms with Crippen LogP contribution in [0, 0.1) is 5.92 Å². The second-order valence-electron chi connectivity index (χ2n) is 5.31. The third kappa shape index (κ3) is 2.89. The lowest BCUT2D eigenvalue weighted by Crippen LogP contribution is -2.38. The van der Waals surface area contributed by atoms with Crippen LogP contribution < -0.4 is 10.2 Å². The molecule has 0 radical (unpaired) electrons. The molecule has 0 bridgehead atoms. The average Bonchev–Trinajstić information content (AvgIpc) is 2.97. The molecule has 1 heterocycles. The van der Waals surface area contributed by atoms with Crippen LogP contribution in [-0.4, -0.2) is 18.6 Å². The van der Waals surface area contributed by atoms with Crippen molar-refractivity contribution in [2.45, 2.75) is 38.2 Å². The van der Waals surface area contributed by atoms with Crippen molar-refractivity contribution >= 4 is 5.91 Å². The molecule has 1 fully saturated rings. The first-order chi connectivity index (χ1) is 9.33. The van der Waals surface area contributed by atoms with Crippen LogP contribution in [0.4, 0.5) is 0 Å². The van der Waals surface area contributed by atoms with Gasteiger partial charge in [0, 0.05) is 0 Å². The Morgan fingerprint density at radius 3 is 2.89 bits per heavy atom. The van der Waals surface area contributed by atoms with E-state index in [-0.39, 0.29) is 17.9 Å². The zero-order chi connectivity index (χ0) is 13.1. The first-order valence-electron chi connectivity index (χ1n) is 6.99. The summed E-state index contributed by atoms with van der Waals surface area (Å²) in [5, 5.41) is 0. The highest BCUT2D eigenvalue weighted by Gasteiger charge is 2.27. The van der Waals surface area contributed by atoms with Gasteiger partial charge in [0.05, 0.1) is 12.0 Å². The van der Waals surface area contributed by atoms with Crippen molar-refractivity contribution in [1.82, 2.24) is 5.48 Å². The molecule has 1 aliphatic heterocycles. The van der Waals surface area contributed by atoms with Gasteiger partial charge in [-0.2, -0.15) is 0 Å². The molecule has 1 amide bonds. The zero-order valence-electron chi connectivity index (χ0n) is 10.9. The number of carbonyl (C=O) groups excluding carboxylic acids is 1. The van der Waals surface area contributed by atoms with E-state index in [2.05, 4.69) is 5.48 Å². The quantitative estimate of drug-likeness (QED) is 0.849. The maximum Gasteiger partial charge on any atom is 0.250 e. The van der Waals surface area contributed by atoms with E-state index in [1.165, 1.54) is 12.8 Å². The molecule has 4 heteroatoms. The van der Waals surface area contributed by atoms with Gasteiger partial charge in [-0.15, -0.1) is 0 Å². The van der Waals surface area contributed by atoms with Gasteiger partial charge in [0.15, 0.2) is 0 Å². The largest absolute Gasteiger partial charge is 0.492 e. The molecule has 1 N–H and O–H groups in total. The van der Waals surface area contributed by atoms with E-state index in [4.69, 9.17) is 9.57 Å². The Labute approximate surface area is 113 Å². The van der Waals surface area contributed by atoms with Crippen LogP contribution in [0.5, 0.6) is 5.75 Å². The van der Waals surface area contributed by atoms with E-state index in [1.54, 1.807) is 0 Å². The fourth-order valence-corrected chi connectivity index (χ4v) is 2.73. The fraction of sp³-hybridized carbons (Fsp3) is 0.533. The zero-order valence-corrected chi connectivity index (χ0v) is 10.9.